The zero-order valence-electron chi connectivity index (χ0n) is 10.2. The summed E-state index contributed by atoms with van der Waals surface area (Å²) >= 11 is 0. The van der Waals surface area contributed by atoms with Crippen LogP contribution in [-0.4, -0.2) is 15.6 Å². The molecule has 0 spiro atoms. The van der Waals surface area contributed by atoms with E-state index in [1.54, 1.807) is 18.5 Å². The molecular weight excluding hydrogens is 242 g/mol. The van der Waals surface area contributed by atoms with Crippen molar-refractivity contribution in [1.82, 2.24) is 4.57 Å². The molecule has 19 heavy (non-hydrogen) atoms. The minimum atomic E-state index is -0.967. The number of aliphatic carboxylic acids is 1. The van der Waals surface area contributed by atoms with Crippen LogP contribution in [0.4, 0.5) is 0 Å². The van der Waals surface area contributed by atoms with Gasteiger partial charge in [-0.1, -0.05) is 18.2 Å². The van der Waals surface area contributed by atoms with Gasteiger partial charge in [-0.15, -0.1) is 0 Å². The van der Waals surface area contributed by atoms with E-state index >= 15 is 0 Å². The fourth-order valence-electron chi connectivity index (χ4n) is 1.72. The summed E-state index contributed by atoms with van der Waals surface area (Å²) in [5.41, 5.74) is 1.85. The summed E-state index contributed by atoms with van der Waals surface area (Å²) in [5, 5.41) is 8.58. The fourth-order valence-corrected chi connectivity index (χ4v) is 1.72. The highest BCUT2D eigenvalue weighted by molar-refractivity contribution is 5.85. The monoisotopic (exact) mass is 255 g/mol. The van der Waals surface area contributed by atoms with Crippen molar-refractivity contribution in [3.63, 3.8) is 0 Å². The van der Waals surface area contributed by atoms with Crippen LogP contribution in [0, 0.1) is 0 Å². The number of hydrogen-bond acceptors (Lipinski definition) is 2. The standard InChI is InChI=1S/C15H13NO3/c17-14-6-8-16(9-7-14)11-13-3-1-2-12(10-13)4-5-15(18)19/h1-10H,11H2,(H,18,19)/b5-4+. The first-order valence-electron chi connectivity index (χ1n) is 5.79. The lowest BCUT2D eigenvalue weighted by atomic mass is 10.1. The Morgan fingerprint density at radius 3 is 2.63 bits per heavy atom. The lowest BCUT2D eigenvalue weighted by Crippen LogP contribution is -2.04. The van der Waals surface area contributed by atoms with Gasteiger partial charge in [-0.25, -0.2) is 4.79 Å². The average Bonchev–Trinajstić information content (AvgIpc) is 2.40. The number of benzene rings is 1. The maximum Gasteiger partial charge on any atom is 0.328 e. The van der Waals surface area contributed by atoms with Crippen molar-refractivity contribution >= 4 is 12.0 Å². The van der Waals surface area contributed by atoms with Crippen molar-refractivity contribution in [3.05, 3.63) is 76.2 Å². The number of nitrogens with zero attached hydrogens (tertiary/aromatic N) is 1. The number of carbonyl (C=O) groups is 1. The third kappa shape index (κ3) is 3.96. The molecule has 0 bridgehead atoms. The summed E-state index contributed by atoms with van der Waals surface area (Å²) in [5.74, 6) is -0.967. The highest BCUT2D eigenvalue weighted by Crippen LogP contribution is 2.08. The van der Waals surface area contributed by atoms with E-state index in [-0.39, 0.29) is 5.43 Å². The normalized spacial score (nSPS) is 10.7. The lowest BCUT2D eigenvalue weighted by Gasteiger charge is -2.06. The van der Waals surface area contributed by atoms with Gasteiger partial charge in [0.25, 0.3) is 0 Å². The third-order valence-electron chi connectivity index (χ3n) is 2.60. The molecular formula is C15H13NO3. The second-order valence-electron chi connectivity index (χ2n) is 4.12. The summed E-state index contributed by atoms with van der Waals surface area (Å²) in [6.45, 7) is 0.634. The smallest absolute Gasteiger partial charge is 0.328 e. The van der Waals surface area contributed by atoms with Crippen LogP contribution < -0.4 is 5.43 Å². The zero-order chi connectivity index (χ0) is 13.7. The van der Waals surface area contributed by atoms with Crippen LogP contribution in [0.1, 0.15) is 11.1 Å². The van der Waals surface area contributed by atoms with Gasteiger partial charge in [-0.3, -0.25) is 4.79 Å². The van der Waals surface area contributed by atoms with Crippen LogP contribution in [0.25, 0.3) is 6.08 Å². The summed E-state index contributed by atoms with van der Waals surface area (Å²) in [7, 11) is 0. The van der Waals surface area contributed by atoms with Crippen molar-refractivity contribution in [2.45, 2.75) is 6.54 Å². The van der Waals surface area contributed by atoms with Crippen LogP contribution in [0.5, 0.6) is 0 Å². The zero-order valence-corrected chi connectivity index (χ0v) is 10.2. The first-order chi connectivity index (χ1) is 9.13. The van der Waals surface area contributed by atoms with E-state index in [0.717, 1.165) is 17.2 Å². The number of pyridine rings is 1. The van der Waals surface area contributed by atoms with Gasteiger partial charge in [-0.2, -0.15) is 0 Å². The summed E-state index contributed by atoms with van der Waals surface area (Å²) in [6, 6.07) is 10.6. The Hall–Kier alpha value is -2.62. The Bertz CT molecular complexity index is 651. The summed E-state index contributed by atoms with van der Waals surface area (Å²) in [4.78, 5) is 21.5. The number of carboxylic acid groups (broad SMARTS) is 1. The Labute approximate surface area is 110 Å². The quantitative estimate of drug-likeness (QED) is 0.850. The van der Waals surface area contributed by atoms with E-state index in [2.05, 4.69) is 0 Å². The highest BCUT2D eigenvalue weighted by atomic mass is 16.4. The summed E-state index contributed by atoms with van der Waals surface area (Å²) in [6.07, 6.45) is 6.11. The van der Waals surface area contributed by atoms with Gasteiger partial charge in [0.1, 0.15) is 0 Å². The molecule has 1 aromatic carbocycles. The summed E-state index contributed by atoms with van der Waals surface area (Å²) < 4.78 is 1.89. The van der Waals surface area contributed by atoms with Gasteiger partial charge < -0.3 is 9.67 Å². The molecule has 96 valence electrons. The molecule has 0 saturated carbocycles. The Kier molecular flexibility index (Phi) is 3.93. The molecule has 1 heterocycles. The van der Waals surface area contributed by atoms with Crippen molar-refractivity contribution in [2.75, 3.05) is 0 Å². The van der Waals surface area contributed by atoms with Gasteiger partial charge in [0, 0.05) is 37.1 Å². The molecule has 0 saturated heterocycles. The van der Waals surface area contributed by atoms with Gasteiger partial charge in [-0.05, 0) is 23.3 Å². The number of hydrogen-bond donors (Lipinski definition) is 1. The van der Waals surface area contributed by atoms with Crippen LogP contribution in [0.15, 0.2) is 59.7 Å². The largest absolute Gasteiger partial charge is 0.478 e. The SMILES string of the molecule is O=C(O)/C=C/c1cccc(Cn2ccc(=O)cc2)c1. The molecule has 0 atom stereocenters. The maximum absolute atomic E-state index is 11.0. The topological polar surface area (TPSA) is 59.3 Å². The van der Waals surface area contributed by atoms with Crippen LogP contribution in [0.3, 0.4) is 0 Å². The van der Waals surface area contributed by atoms with Crippen molar-refractivity contribution < 1.29 is 9.90 Å². The highest BCUT2D eigenvalue weighted by Gasteiger charge is 1.96. The molecule has 0 aliphatic carbocycles. The van der Waals surface area contributed by atoms with Crippen LogP contribution in [0.2, 0.25) is 0 Å². The van der Waals surface area contributed by atoms with Gasteiger partial charge in [0.15, 0.2) is 5.43 Å². The molecule has 0 radical (unpaired) electrons. The van der Waals surface area contributed by atoms with Crippen molar-refractivity contribution in [2.24, 2.45) is 0 Å². The lowest BCUT2D eigenvalue weighted by molar-refractivity contribution is -0.131. The first kappa shape index (κ1) is 12.8. The minimum absolute atomic E-state index is 0.0191. The van der Waals surface area contributed by atoms with E-state index in [1.165, 1.54) is 12.1 Å². The van der Waals surface area contributed by atoms with Crippen LogP contribution >= 0.6 is 0 Å². The first-order valence-corrected chi connectivity index (χ1v) is 5.79. The molecule has 0 unspecified atom stereocenters. The van der Waals surface area contributed by atoms with E-state index in [1.807, 2.05) is 28.8 Å². The second kappa shape index (κ2) is 5.82. The van der Waals surface area contributed by atoms with Crippen LogP contribution in [-0.2, 0) is 11.3 Å². The van der Waals surface area contributed by atoms with E-state index < -0.39 is 5.97 Å². The maximum atomic E-state index is 11.0. The minimum Gasteiger partial charge on any atom is -0.478 e. The number of aromatic nitrogens is 1. The second-order valence-corrected chi connectivity index (χ2v) is 4.12. The van der Waals surface area contributed by atoms with Gasteiger partial charge >= 0.3 is 5.97 Å². The Morgan fingerprint density at radius 1 is 1.21 bits per heavy atom. The third-order valence-corrected chi connectivity index (χ3v) is 2.60. The van der Waals surface area contributed by atoms with Gasteiger partial charge in [0.2, 0.25) is 0 Å². The Morgan fingerprint density at radius 2 is 1.95 bits per heavy atom. The fraction of sp³-hybridized carbons (Fsp3) is 0.0667. The molecule has 0 amide bonds. The molecule has 2 aromatic rings. The van der Waals surface area contributed by atoms with E-state index in [4.69, 9.17) is 5.11 Å². The molecule has 0 aliphatic rings. The number of carboxylic acids is 1. The molecule has 1 N–H and O–H groups in total. The van der Waals surface area contributed by atoms with Crippen molar-refractivity contribution in [1.29, 1.82) is 0 Å². The molecule has 0 fully saturated rings. The predicted octanol–water partition coefficient (Wildman–Crippen LogP) is 1.99. The molecule has 2 rings (SSSR count). The Balaban J connectivity index is 2.17. The van der Waals surface area contributed by atoms with Crippen molar-refractivity contribution in [3.8, 4) is 0 Å². The van der Waals surface area contributed by atoms with E-state index in [0.29, 0.717) is 6.54 Å². The molecule has 0 aliphatic heterocycles. The molecule has 4 nitrogen and oxygen atoms in total. The number of rotatable bonds is 4. The average molecular weight is 255 g/mol. The molecule has 4 heteroatoms. The van der Waals surface area contributed by atoms with E-state index in [9.17, 15) is 9.59 Å². The van der Waals surface area contributed by atoms with Gasteiger partial charge in [0.05, 0.1) is 0 Å². The predicted molar refractivity (Wildman–Crippen MR) is 72.9 cm³/mol. The molecule has 1 aromatic heterocycles.